The topological polar surface area (TPSA) is 34.1 Å². The summed E-state index contributed by atoms with van der Waals surface area (Å²) in [5.41, 5.74) is 0.250. The van der Waals surface area contributed by atoms with E-state index in [-0.39, 0.29) is 21.2 Å². The minimum Gasteiger partial charge on any atom is -0.217 e. The Morgan fingerprint density at radius 1 is 0.800 bits per heavy atom. The number of sulfone groups is 1. The van der Waals surface area contributed by atoms with Crippen LogP contribution >= 0.6 is 55.1 Å². The van der Waals surface area contributed by atoms with Crippen molar-refractivity contribution in [2.45, 2.75) is 32.4 Å². The first kappa shape index (κ1) is 28.7. The summed E-state index contributed by atoms with van der Waals surface area (Å²) in [6.07, 6.45) is -5.78. The third-order valence-corrected chi connectivity index (χ3v) is 9.62. The molecule has 1 aliphatic rings. The number of hydrogen-bond donors (Lipinski definition) is 0. The molecule has 0 bridgehead atoms. The maximum Gasteiger partial charge on any atom is 0.461 e. The first-order valence-electron chi connectivity index (χ1n) is 9.34. The predicted octanol–water partition coefficient (Wildman–Crippen LogP) is 8.57. The van der Waals surface area contributed by atoms with E-state index in [4.69, 9.17) is 23.2 Å². The zero-order chi connectivity index (χ0) is 26.7. The molecular weight excluding hydrogens is 680 g/mol. The Morgan fingerprint density at radius 3 is 1.71 bits per heavy atom. The molecule has 2 atom stereocenters. The fourth-order valence-corrected chi connectivity index (χ4v) is 8.57. The van der Waals surface area contributed by atoms with E-state index in [9.17, 15) is 39.2 Å². The minimum atomic E-state index is -6.88. The Kier molecular flexibility index (Phi) is 7.54. The fraction of sp³-hybridized carbons (Fsp3) is 0.286. The van der Waals surface area contributed by atoms with E-state index in [1.54, 1.807) is 0 Å². The van der Waals surface area contributed by atoms with E-state index in [0.717, 1.165) is 0 Å². The van der Waals surface area contributed by atoms with Gasteiger partial charge >= 0.3 is 17.4 Å². The van der Waals surface area contributed by atoms with Crippen LogP contribution in [0.25, 0.3) is 0 Å². The molecule has 3 rings (SSSR count). The molecule has 0 aliphatic heterocycles. The standard InChI is InChI=1S/C21H12Br2Cl2F7O2S/c22-17(13-5-1-3-7-15(13)24)9-12(10-18(23,11-17)14-6-2-4-8-16(14)25)35(33,34)21(31,32)19(26,27)20(28,29)30/h1-9,11H,10H2. The number of rotatable bonds is 5. The molecule has 0 heterocycles. The molecule has 0 N–H and O–H groups in total. The number of hydrogen-bond acceptors (Lipinski definition) is 2. The monoisotopic (exact) mass is 689 g/mol. The molecule has 2 nitrogen and oxygen atoms in total. The SMILES string of the molecule is O=S(=O)(C1=CC(Br)(c2ccccc2Cl)[CH]C(Br)(c2ccccc2Cl)C1)C(F)(F)C(F)(F)C(F)(F)F. The number of alkyl halides is 9. The second-order valence-corrected chi connectivity index (χ2v) is 13.2. The summed E-state index contributed by atoms with van der Waals surface area (Å²) in [4.78, 5) is -1.39. The van der Waals surface area contributed by atoms with Gasteiger partial charge < -0.3 is 0 Å². The van der Waals surface area contributed by atoms with Crippen molar-refractivity contribution in [3.05, 3.63) is 87.1 Å². The predicted molar refractivity (Wildman–Crippen MR) is 126 cm³/mol. The van der Waals surface area contributed by atoms with E-state index < -0.39 is 47.2 Å². The van der Waals surface area contributed by atoms with Gasteiger partial charge in [0.1, 0.15) is 0 Å². The Hall–Kier alpha value is -0.820. The third-order valence-electron chi connectivity index (χ3n) is 5.25. The van der Waals surface area contributed by atoms with Crippen molar-refractivity contribution in [2.24, 2.45) is 0 Å². The van der Waals surface area contributed by atoms with Crippen LogP contribution in [0.1, 0.15) is 17.5 Å². The molecule has 0 saturated carbocycles. The summed E-state index contributed by atoms with van der Waals surface area (Å²) in [5, 5.41) is -6.46. The average molecular weight is 692 g/mol. The second kappa shape index (κ2) is 9.18. The Morgan fingerprint density at radius 2 is 1.26 bits per heavy atom. The van der Waals surface area contributed by atoms with Crippen molar-refractivity contribution in [1.82, 2.24) is 0 Å². The van der Waals surface area contributed by atoms with Gasteiger partial charge in [-0.2, -0.15) is 30.7 Å². The van der Waals surface area contributed by atoms with Gasteiger partial charge in [0.05, 0.1) is 13.6 Å². The van der Waals surface area contributed by atoms with Crippen molar-refractivity contribution in [3.63, 3.8) is 0 Å². The van der Waals surface area contributed by atoms with Crippen LogP contribution < -0.4 is 0 Å². The molecule has 0 amide bonds. The molecule has 0 fully saturated rings. The summed E-state index contributed by atoms with van der Waals surface area (Å²) >= 11 is 18.9. The van der Waals surface area contributed by atoms with Gasteiger partial charge in [-0.25, -0.2) is 8.42 Å². The lowest BCUT2D eigenvalue weighted by Gasteiger charge is -2.42. The molecule has 35 heavy (non-hydrogen) atoms. The van der Waals surface area contributed by atoms with Crippen molar-refractivity contribution >= 4 is 64.9 Å². The molecule has 14 heteroatoms. The van der Waals surface area contributed by atoms with Gasteiger partial charge in [-0.15, -0.1) is 0 Å². The quantitative estimate of drug-likeness (QED) is 0.233. The smallest absolute Gasteiger partial charge is 0.217 e. The molecule has 0 saturated heterocycles. The highest BCUT2D eigenvalue weighted by molar-refractivity contribution is 9.10. The highest BCUT2D eigenvalue weighted by Crippen LogP contribution is 2.59. The van der Waals surface area contributed by atoms with Gasteiger partial charge in [0.2, 0.25) is 9.84 Å². The molecule has 2 aromatic rings. The third kappa shape index (κ3) is 4.78. The molecule has 1 radical (unpaired) electrons. The fourth-order valence-electron chi connectivity index (χ4n) is 3.53. The second-order valence-electron chi connectivity index (χ2n) is 7.61. The normalized spacial score (nSPS) is 24.3. The van der Waals surface area contributed by atoms with Crippen LogP contribution in [0.4, 0.5) is 30.7 Å². The lowest BCUT2D eigenvalue weighted by atomic mass is 9.78. The molecule has 0 spiro atoms. The van der Waals surface area contributed by atoms with Gasteiger partial charge in [0.25, 0.3) is 0 Å². The van der Waals surface area contributed by atoms with E-state index >= 15 is 0 Å². The van der Waals surface area contributed by atoms with Gasteiger partial charge in [-0.1, -0.05) is 91.5 Å². The molecule has 1 aliphatic carbocycles. The van der Waals surface area contributed by atoms with E-state index in [1.807, 2.05) is 0 Å². The first-order valence-corrected chi connectivity index (χ1v) is 13.2. The first-order chi connectivity index (χ1) is 15.8. The van der Waals surface area contributed by atoms with Crippen LogP contribution in [0.3, 0.4) is 0 Å². The van der Waals surface area contributed by atoms with E-state index in [0.29, 0.717) is 6.08 Å². The van der Waals surface area contributed by atoms with E-state index in [2.05, 4.69) is 31.9 Å². The van der Waals surface area contributed by atoms with Gasteiger partial charge in [-0.3, -0.25) is 0 Å². The van der Waals surface area contributed by atoms with Crippen LogP contribution in [0.5, 0.6) is 0 Å². The zero-order valence-corrected chi connectivity index (χ0v) is 22.4. The van der Waals surface area contributed by atoms with Gasteiger partial charge in [0, 0.05) is 22.9 Å². The molecule has 2 aromatic carbocycles. The van der Waals surface area contributed by atoms with Gasteiger partial charge in [-0.05, 0) is 29.3 Å². The summed E-state index contributed by atoms with van der Waals surface area (Å²) in [5.74, 6) is -6.88. The van der Waals surface area contributed by atoms with Crippen LogP contribution in [0.2, 0.25) is 10.0 Å². The largest absolute Gasteiger partial charge is 0.461 e. The number of allylic oxidation sites excluding steroid dienone is 2. The van der Waals surface area contributed by atoms with E-state index in [1.165, 1.54) is 55.0 Å². The van der Waals surface area contributed by atoms with Crippen LogP contribution in [-0.2, 0) is 18.5 Å². The Bertz CT molecular complexity index is 1280. The zero-order valence-electron chi connectivity index (χ0n) is 16.9. The maximum absolute atomic E-state index is 14.5. The Labute approximate surface area is 222 Å². The summed E-state index contributed by atoms with van der Waals surface area (Å²) < 4.78 is 117. The number of benzene rings is 2. The summed E-state index contributed by atoms with van der Waals surface area (Å²) in [6, 6.07) is 11.6. The van der Waals surface area contributed by atoms with Crippen LogP contribution in [0, 0.1) is 6.42 Å². The highest BCUT2D eigenvalue weighted by atomic mass is 79.9. The molecule has 2 unspecified atom stereocenters. The highest BCUT2D eigenvalue weighted by Gasteiger charge is 2.79. The summed E-state index contributed by atoms with van der Waals surface area (Å²) in [7, 11) is -6.59. The number of halogens is 11. The van der Waals surface area contributed by atoms with Crippen LogP contribution in [0.15, 0.2) is 59.5 Å². The lowest BCUT2D eigenvalue weighted by Crippen LogP contribution is -2.56. The van der Waals surface area contributed by atoms with Crippen molar-refractivity contribution < 1.29 is 39.2 Å². The van der Waals surface area contributed by atoms with Crippen molar-refractivity contribution in [2.75, 3.05) is 0 Å². The summed E-state index contributed by atoms with van der Waals surface area (Å²) in [6.45, 7) is 0. The molecule has 0 aromatic heterocycles. The van der Waals surface area contributed by atoms with Crippen molar-refractivity contribution in [1.29, 1.82) is 0 Å². The lowest BCUT2D eigenvalue weighted by molar-refractivity contribution is -0.331. The molecule has 191 valence electrons. The minimum absolute atomic E-state index is 0.0249. The van der Waals surface area contributed by atoms with Gasteiger partial charge in [0.15, 0.2) is 0 Å². The Balaban J connectivity index is 2.31. The van der Waals surface area contributed by atoms with Crippen molar-refractivity contribution in [3.8, 4) is 0 Å². The average Bonchev–Trinajstić information content (AvgIpc) is 2.72. The van der Waals surface area contributed by atoms with Crippen LogP contribution in [-0.4, -0.2) is 25.8 Å². The molecular formula is C21H12Br2Cl2F7O2S. The maximum atomic E-state index is 14.5.